The summed E-state index contributed by atoms with van der Waals surface area (Å²) in [5.74, 6) is -0.605. The summed E-state index contributed by atoms with van der Waals surface area (Å²) < 4.78 is 29.7. The van der Waals surface area contributed by atoms with Gasteiger partial charge in [0, 0.05) is 6.20 Å². The van der Waals surface area contributed by atoms with Crippen LogP contribution in [0.25, 0.3) is 0 Å². The van der Waals surface area contributed by atoms with Gasteiger partial charge in [0.1, 0.15) is 5.69 Å². The fraction of sp³-hybridized carbons (Fsp3) is 0.333. The molecule has 1 rings (SSSR count). The van der Waals surface area contributed by atoms with Crippen LogP contribution in [-0.2, 0) is 4.74 Å². The molecule has 0 fully saturated rings. The van der Waals surface area contributed by atoms with Gasteiger partial charge < -0.3 is 4.74 Å². The number of nitrogens with zero attached hydrogens (tertiary/aromatic N) is 1. The van der Waals surface area contributed by atoms with Crippen molar-refractivity contribution in [1.29, 1.82) is 0 Å². The Kier molecular flexibility index (Phi) is 4.37. The van der Waals surface area contributed by atoms with Gasteiger partial charge in [0.05, 0.1) is 15.7 Å². The lowest BCUT2D eigenvalue weighted by Gasteiger charge is -2.07. The van der Waals surface area contributed by atoms with E-state index in [2.05, 4.69) is 4.98 Å². The highest BCUT2D eigenvalue weighted by Crippen LogP contribution is 2.24. The molecule has 0 saturated heterocycles. The van der Waals surface area contributed by atoms with Crippen LogP contribution >= 0.6 is 22.6 Å². The number of hydrogen-bond donors (Lipinski definition) is 0. The van der Waals surface area contributed by atoms with Crippen LogP contribution in [0.5, 0.6) is 0 Å². The Morgan fingerprint density at radius 2 is 2.33 bits per heavy atom. The van der Waals surface area contributed by atoms with Gasteiger partial charge in [-0.1, -0.05) is 0 Å². The number of carbonyl (C=O) groups excluding carboxylic acids is 1. The van der Waals surface area contributed by atoms with Crippen molar-refractivity contribution in [3.63, 3.8) is 0 Å². The van der Waals surface area contributed by atoms with Crippen molar-refractivity contribution in [3.05, 3.63) is 27.1 Å². The van der Waals surface area contributed by atoms with E-state index >= 15 is 0 Å². The standard InChI is InChI=1S/C9H8F2INO2/c1-2-15-9(14)5-3-4-13-7(6(5)12)8(10)11/h3-4,8H,2H2,1H3. The number of hydrogen-bond acceptors (Lipinski definition) is 3. The molecule has 0 spiro atoms. The third-order valence-electron chi connectivity index (χ3n) is 1.62. The molecule has 0 N–H and O–H groups in total. The second-order valence-corrected chi connectivity index (χ2v) is 3.66. The Morgan fingerprint density at radius 3 is 2.87 bits per heavy atom. The molecule has 1 aromatic rings. The van der Waals surface area contributed by atoms with E-state index in [9.17, 15) is 13.6 Å². The molecule has 1 heterocycles. The molecule has 6 heteroatoms. The van der Waals surface area contributed by atoms with Crippen LogP contribution in [0, 0.1) is 3.57 Å². The number of carbonyl (C=O) groups is 1. The van der Waals surface area contributed by atoms with E-state index in [1.54, 1.807) is 29.5 Å². The van der Waals surface area contributed by atoms with E-state index < -0.39 is 12.4 Å². The highest BCUT2D eigenvalue weighted by molar-refractivity contribution is 14.1. The summed E-state index contributed by atoms with van der Waals surface area (Å²) in [5.41, 5.74) is -0.260. The molecule has 1 aromatic heterocycles. The zero-order valence-corrected chi connectivity index (χ0v) is 9.99. The first kappa shape index (κ1) is 12.3. The van der Waals surface area contributed by atoms with Crippen molar-refractivity contribution >= 4 is 28.6 Å². The number of halogens is 3. The monoisotopic (exact) mass is 327 g/mol. The highest BCUT2D eigenvalue weighted by atomic mass is 127. The van der Waals surface area contributed by atoms with Crippen LogP contribution in [-0.4, -0.2) is 17.6 Å². The van der Waals surface area contributed by atoms with Crippen LogP contribution in [0.3, 0.4) is 0 Å². The molecule has 0 aliphatic heterocycles. The van der Waals surface area contributed by atoms with Gasteiger partial charge in [-0.05, 0) is 35.6 Å². The van der Waals surface area contributed by atoms with E-state index in [1.807, 2.05) is 0 Å². The molecular formula is C9H8F2INO2. The lowest BCUT2D eigenvalue weighted by molar-refractivity contribution is 0.0524. The highest BCUT2D eigenvalue weighted by Gasteiger charge is 2.19. The summed E-state index contributed by atoms with van der Waals surface area (Å²) in [7, 11) is 0. The molecule has 0 saturated carbocycles. The fourth-order valence-corrected chi connectivity index (χ4v) is 1.75. The van der Waals surface area contributed by atoms with Gasteiger partial charge in [-0.3, -0.25) is 4.98 Å². The van der Waals surface area contributed by atoms with Gasteiger partial charge in [-0.2, -0.15) is 0 Å². The van der Waals surface area contributed by atoms with Crippen molar-refractivity contribution in [2.75, 3.05) is 6.61 Å². The van der Waals surface area contributed by atoms with Gasteiger partial charge in [0.15, 0.2) is 0 Å². The zero-order valence-electron chi connectivity index (χ0n) is 7.84. The number of pyridine rings is 1. The largest absolute Gasteiger partial charge is 0.462 e. The Morgan fingerprint density at radius 1 is 1.67 bits per heavy atom. The van der Waals surface area contributed by atoms with Gasteiger partial charge in [-0.25, -0.2) is 13.6 Å². The summed E-state index contributed by atoms with van der Waals surface area (Å²) in [6, 6.07) is 1.37. The van der Waals surface area contributed by atoms with E-state index in [0.29, 0.717) is 0 Å². The molecule has 82 valence electrons. The van der Waals surface area contributed by atoms with Gasteiger partial charge in [0.2, 0.25) is 0 Å². The van der Waals surface area contributed by atoms with Crippen LogP contribution in [0.4, 0.5) is 8.78 Å². The summed E-state index contributed by atoms with van der Waals surface area (Å²) in [6.07, 6.45) is -1.51. The molecule has 3 nitrogen and oxygen atoms in total. The molecule has 0 amide bonds. The van der Waals surface area contributed by atoms with Crippen molar-refractivity contribution in [1.82, 2.24) is 4.98 Å². The van der Waals surface area contributed by atoms with Crippen LogP contribution < -0.4 is 0 Å². The minimum atomic E-state index is -2.69. The van der Waals surface area contributed by atoms with E-state index in [4.69, 9.17) is 4.74 Å². The molecular weight excluding hydrogens is 319 g/mol. The van der Waals surface area contributed by atoms with Crippen LogP contribution in [0.1, 0.15) is 29.4 Å². The number of alkyl halides is 2. The van der Waals surface area contributed by atoms with E-state index in [1.165, 1.54) is 12.3 Å². The lowest BCUT2D eigenvalue weighted by atomic mass is 10.2. The number of aromatic nitrogens is 1. The summed E-state index contributed by atoms with van der Waals surface area (Å²) in [5, 5.41) is 0. The Labute approximate surface area is 99.0 Å². The third kappa shape index (κ3) is 2.83. The first-order valence-corrected chi connectivity index (χ1v) is 5.25. The summed E-state index contributed by atoms with van der Waals surface area (Å²) >= 11 is 1.67. The second-order valence-electron chi connectivity index (χ2n) is 2.58. The minimum absolute atomic E-state index is 0.128. The normalized spacial score (nSPS) is 10.5. The molecule has 0 aliphatic rings. The topological polar surface area (TPSA) is 39.2 Å². The van der Waals surface area contributed by atoms with Gasteiger partial charge >= 0.3 is 5.97 Å². The van der Waals surface area contributed by atoms with Crippen LogP contribution in [0.15, 0.2) is 12.3 Å². The average molecular weight is 327 g/mol. The van der Waals surface area contributed by atoms with Crippen LogP contribution in [0.2, 0.25) is 0 Å². The molecule has 0 radical (unpaired) electrons. The molecule has 0 bridgehead atoms. The Bertz CT molecular complexity index is 371. The van der Waals surface area contributed by atoms with Gasteiger partial charge in [-0.15, -0.1) is 0 Å². The predicted molar refractivity (Wildman–Crippen MR) is 57.9 cm³/mol. The minimum Gasteiger partial charge on any atom is -0.462 e. The number of rotatable bonds is 3. The van der Waals surface area contributed by atoms with E-state index in [-0.39, 0.29) is 21.4 Å². The molecule has 15 heavy (non-hydrogen) atoms. The fourth-order valence-electron chi connectivity index (χ4n) is 0.979. The first-order chi connectivity index (χ1) is 7.07. The van der Waals surface area contributed by atoms with E-state index in [0.717, 1.165) is 0 Å². The maximum atomic E-state index is 12.4. The molecule has 0 atom stereocenters. The number of ether oxygens (including phenoxy) is 1. The number of esters is 1. The smallest absolute Gasteiger partial charge is 0.339 e. The molecule has 0 aromatic carbocycles. The summed E-state index contributed by atoms with van der Waals surface area (Å²) in [4.78, 5) is 14.9. The maximum Gasteiger partial charge on any atom is 0.339 e. The Hall–Kier alpha value is -0.790. The lowest BCUT2D eigenvalue weighted by Crippen LogP contribution is -2.09. The van der Waals surface area contributed by atoms with Gasteiger partial charge in [0.25, 0.3) is 6.43 Å². The van der Waals surface area contributed by atoms with Crippen molar-refractivity contribution in [2.45, 2.75) is 13.3 Å². The molecule has 0 unspecified atom stereocenters. The SMILES string of the molecule is CCOC(=O)c1ccnc(C(F)F)c1I. The first-order valence-electron chi connectivity index (χ1n) is 4.17. The summed E-state index contributed by atoms with van der Waals surface area (Å²) in [6.45, 7) is 1.86. The maximum absolute atomic E-state index is 12.4. The second kappa shape index (κ2) is 5.34. The van der Waals surface area contributed by atoms with Crippen molar-refractivity contribution in [3.8, 4) is 0 Å². The quantitative estimate of drug-likeness (QED) is 0.633. The Balaban J connectivity index is 3.09. The average Bonchev–Trinajstić information content (AvgIpc) is 2.17. The van der Waals surface area contributed by atoms with Crippen molar-refractivity contribution in [2.24, 2.45) is 0 Å². The zero-order chi connectivity index (χ0) is 11.4. The third-order valence-corrected chi connectivity index (χ3v) is 2.75. The molecule has 0 aliphatic carbocycles. The van der Waals surface area contributed by atoms with Crippen molar-refractivity contribution < 1.29 is 18.3 Å². The predicted octanol–water partition coefficient (Wildman–Crippen LogP) is 2.80.